The lowest BCUT2D eigenvalue weighted by atomic mass is 10.1. The number of aliphatic hydroxyl groups excluding tert-OH is 1. The van der Waals surface area contributed by atoms with Gasteiger partial charge < -0.3 is 10.0 Å². The zero-order chi connectivity index (χ0) is 11.3. The number of hydrogen-bond acceptors (Lipinski definition) is 2. The fourth-order valence-electron chi connectivity index (χ4n) is 1.30. The van der Waals surface area contributed by atoms with E-state index in [0.717, 1.165) is 5.69 Å². The van der Waals surface area contributed by atoms with Crippen molar-refractivity contribution in [1.29, 1.82) is 0 Å². The molecule has 15 heavy (non-hydrogen) atoms. The lowest BCUT2D eigenvalue weighted by molar-refractivity contribution is -0.119. The van der Waals surface area contributed by atoms with E-state index in [2.05, 4.69) is 0 Å². The third-order valence-corrected chi connectivity index (χ3v) is 2.35. The molecule has 0 fully saturated rings. The second-order valence-corrected chi connectivity index (χ2v) is 3.78. The smallest absolute Gasteiger partial charge is 0.227 e. The highest BCUT2D eigenvalue weighted by Gasteiger charge is 2.13. The van der Waals surface area contributed by atoms with Gasteiger partial charge in [-0.3, -0.25) is 4.79 Å². The SMILES string of the molecule is CC(CO)CC(=O)N(C)c1ccccc1. The Morgan fingerprint density at radius 3 is 2.53 bits per heavy atom. The van der Waals surface area contributed by atoms with Gasteiger partial charge in [0.2, 0.25) is 5.91 Å². The maximum atomic E-state index is 11.7. The molecule has 0 saturated carbocycles. The molecular weight excluding hydrogens is 190 g/mol. The summed E-state index contributed by atoms with van der Waals surface area (Å²) < 4.78 is 0. The maximum Gasteiger partial charge on any atom is 0.227 e. The van der Waals surface area contributed by atoms with Crippen molar-refractivity contribution in [2.75, 3.05) is 18.6 Å². The van der Waals surface area contributed by atoms with Crippen LogP contribution in [-0.4, -0.2) is 24.7 Å². The van der Waals surface area contributed by atoms with E-state index >= 15 is 0 Å². The van der Waals surface area contributed by atoms with Crippen molar-refractivity contribution in [2.24, 2.45) is 5.92 Å². The maximum absolute atomic E-state index is 11.7. The van der Waals surface area contributed by atoms with Crippen molar-refractivity contribution in [1.82, 2.24) is 0 Å². The van der Waals surface area contributed by atoms with Gasteiger partial charge in [0, 0.05) is 25.8 Å². The van der Waals surface area contributed by atoms with Crippen LogP contribution in [0.5, 0.6) is 0 Å². The van der Waals surface area contributed by atoms with Crippen LogP contribution in [0.3, 0.4) is 0 Å². The first-order valence-electron chi connectivity index (χ1n) is 5.07. The lowest BCUT2D eigenvalue weighted by Crippen LogP contribution is -2.28. The molecular formula is C12H17NO2. The first-order chi connectivity index (χ1) is 7.15. The Balaban J connectivity index is 2.61. The van der Waals surface area contributed by atoms with Gasteiger partial charge in [-0.15, -0.1) is 0 Å². The Kier molecular flexibility index (Phi) is 4.31. The topological polar surface area (TPSA) is 40.5 Å². The summed E-state index contributed by atoms with van der Waals surface area (Å²) in [4.78, 5) is 13.3. The van der Waals surface area contributed by atoms with E-state index in [1.54, 1.807) is 11.9 Å². The second-order valence-electron chi connectivity index (χ2n) is 3.78. The molecule has 1 atom stereocenters. The number of rotatable bonds is 4. The monoisotopic (exact) mass is 207 g/mol. The molecule has 1 aromatic carbocycles. The van der Waals surface area contributed by atoms with Crippen molar-refractivity contribution in [3.05, 3.63) is 30.3 Å². The van der Waals surface area contributed by atoms with E-state index in [4.69, 9.17) is 5.11 Å². The van der Waals surface area contributed by atoms with E-state index in [0.29, 0.717) is 6.42 Å². The zero-order valence-corrected chi connectivity index (χ0v) is 9.18. The van der Waals surface area contributed by atoms with E-state index in [9.17, 15) is 4.79 Å². The number of aliphatic hydroxyl groups is 1. The molecule has 0 bridgehead atoms. The summed E-state index contributed by atoms with van der Waals surface area (Å²) in [6, 6.07) is 9.49. The van der Waals surface area contributed by atoms with Gasteiger partial charge in [0.25, 0.3) is 0 Å². The molecule has 3 heteroatoms. The van der Waals surface area contributed by atoms with Gasteiger partial charge in [0.1, 0.15) is 0 Å². The first kappa shape index (κ1) is 11.7. The second kappa shape index (κ2) is 5.51. The van der Waals surface area contributed by atoms with Gasteiger partial charge in [-0.05, 0) is 18.1 Å². The zero-order valence-electron chi connectivity index (χ0n) is 9.18. The van der Waals surface area contributed by atoms with Crippen LogP contribution in [0, 0.1) is 5.92 Å². The minimum atomic E-state index is 0.0173. The predicted molar refractivity (Wildman–Crippen MR) is 60.7 cm³/mol. The predicted octanol–water partition coefficient (Wildman–Crippen LogP) is 1.67. The number of benzene rings is 1. The van der Waals surface area contributed by atoms with E-state index in [-0.39, 0.29) is 18.4 Å². The Bertz CT molecular complexity index is 311. The molecule has 1 rings (SSSR count). The van der Waals surface area contributed by atoms with E-state index in [1.165, 1.54) is 0 Å². The molecule has 0 spiro atoms. The fourth-order valence-corrected chi connectivity index (χ4v) is 1.30. The molecule has 0 aliphatic carbocycles. The molecule has 1 aromatic rings. The van der Waals surface area contributed by atoms with Crippen LogP contribution in [-0.2, 0) is 4.79 Å². The minimum absolute atomic E-state index is 0.0173. The van der Waals surface area contributed by atoms with Crippen LogP contribution in [0.15, 0.2) is 30.3 Å². The molecule has 1 amide bonds. The van der Waals surface area contributed by atoms with Gasteiger partial charge in [0.15, 0.2) is 0 Å². The number of amides is 1. The number of carbonyl (C=O) groups excluding carboxylic acids is 1. The normalized spacial score (nSPS) is 12.2. The molecule has 0 aliphatic heterocycles. The molecule has 0 heterocycles. The Morgan fingerprint density at radius 1 is 1.40 bits per heavy atom. The summed E-state index contributed by atoms with van der Waals surface area (Å²) in [6.45, 7) is 1.91. The molecule has 0 radical (unpaired) electrons. The molecule has 82 valence electrons. The number of anilines is 1. The largest absolute Gasteiger partial charge is 0.396 e. The van der Waals surface area contributed by atoms with Crippen LogP contribution < -0.4 is 4.90 Å². The Morgan fingerprint density at radius 2 is 2.00 bits per heavy atom. The van der Waals surface area contributed by atoms with Gasteiger partial charge in [-0.25, -0.2) is 0 Å². The Labute approximate surface area is 90.3 Å². The van der Waals surface area contributed by atoms with Gasteiger partial charge in [-0.2, -0.15) is 0 Å². The highest BCUT2D eigenvalue weighted by Crippen LogP contribution is 2.13. The number of para-hydroxylation sites is 1. The van der Waals surface area contributed by atoms with Crippen molar-refractivity contribution < 1.29 is 9.90 Å². The summed E-state index contributed by atoms with van der Waals surface area (Å²) in [6.07, 6.45) is 0.377. The quantitative estimate of drug-likeness (QED) is 0.815. The summed E-state index contributed by atoms with van der Waals surface area (Å²) in [7, 11) is 1.75. The molecule has 0 aromatic heterocycles. The first-order valence-corrected chi connectivity index (χ1v) is 5.07. The average Bonchev–Trinajstić information content (AvgIpc) is 2.29. The lowest BCUT2D eigenvalue weighted by Gasteiger charge is -2.18. The standard InChI is InChI=1S/C12H17NO2/c1-10(9-14)8-12(15)13(2)11-6-4-3-5-7-11/h3-7,10,14H,8-9H2,1-2H3. The van der Waals surface area contributed by atoms with E-state index in [1.807, 2.05) is 37.3 Å². The van der Waals surface area contributed by atoms with Crippen LogP contribution in [0.25, 0.3) is 0 Å². The Hall–Kier alpha value is -1.35. The van der Waals surface area contributed by atoms with Crippen molar-refractivity contribution in [3.63, 3.8) is 0 Å². The molecule has 3 nitrogen and oxygen atoms in total. The highest BCUT2D eigenvalue weighted by molar-refractivity contribution is 5.92. The minimum Gasteiger partial charge on any atom is -0.396 e. The van der Waals surface area contributed by atoms with Crippen LogP contribution in [0.4, 0.5) is 5.69 Å². The van der Waals surface area contributed by atoms with Crippen molar-refractivity contribution >= 4 is 11.6 Å². The molecule has 0 aliphatic rings. The number of hydrogen-bond donors (Lipinski definition) is 1. The van der Waals surface area contributed by atoms with Gasteiger partial charge in [0.05, 0.1) is 0 Å². The number of carbonyl (C=O) groups is 1. The van der Waals surface area contributed by atoms with Gasteiger partial charge >= 0.3 is 0 Å². The summed E-state index contributed by atoms with van der Waals surface area (Å²) in [5.74, 6) is 0.0476. The molecule has 1 N–H and O–H groups in total. The summed E-state index contributed by atoms with van der Waals surface area (Å²) in [5, 5.41) is 8.87. The third-order valence-electron chi connectivity index (χ3n) is 2.35. The molecule has 1 unspecified atom stereocenters. The van der Waals surface area contributed by atoms with E-state index < -0.39 is 0 Å². The highest BCUT2D eigenvalue weighted by atomic mass is 16.3. The van der Waals surface area contributed by atoms with Gasteiger partial charge in [-0.1, -0.05) is 25.1 Å². The van der Waals surface area contributed by atoms with Crippen LogP contribution in [0.1, 0.15) is 13.3 Å². The van der Waals surface area contributed by atoms with Crippen molar-refractivity contribution in [3.8, 4) is 0 Å². The summed E-state index contributed by atoms with van der Waals surface area (Å²) >= 11 is 0. The van der Waals surface area contributed by atoms with Crippen LogP contribution >= 0.6 is 0 Å². The van der Waals surface area contributed by atoms with Crippen LogP contribution in [0.2, 0.25) is 0 Å². The van der Waals surface area contributed by atoms with Crippen molar-refractivity contribution in [2.45, 2.75) is 13.3 Å². The summed E-state index contributed by atoms with van der Waals surface area (Å²) in [5.41, 5.74) is 0.882. The fraction of sp³-hybridized carbons (Fsp3) is 0.417. The third kappa shape index (κ3) is 3.36. The molecule has 0 saturated heterocycles. The average molecular weight is 207 g/mol. The number of nitrogens with zero attached hydrogens (tertiary/aromatic N) is 1.